The first-order chi connectivity index (χ1) is 9.17. The molecule has 104 valence electrons. The van der Waals surface area contributed by atoms with E-state index in [1.807, 2.05) is 19.1 Å². The molecule has 0 heterocycles. The maximum absolute atomic E-state index is 12.1. The Morgan fingerprint density at radius 2 is 2.16 bits per heavy atom. The number of carbonyl (C=O) groups is 1. The van der Waals surface area contributed by atoms with E-state index in [4.69, 9.17) is 10.5 Å². The van der Waals surface area contributed by atoms with Crippen molar-refractivity contribution in [3.63, 3.8) is 0 Å². The summed E-state index contributed by atoms with van der Waals surface area (Å²) in [5, 5.41) is 0. The Bertz CT molecular complexity index is 455. The minimum atomic E-state index is -0.286. The zero-order chi connectivity index (χ0) is 13.8. The third-order valence-electron chi connectivity index (χ3n) is 3.28. The largest absolute Gasteiger partial charge is 0.462 e. The summed E-state index contributed by atoms with van der Waals surface area (Å²) in [5.41, 5.74) is 7.94. The predicted octanol–water partition coefficient (Wildman–Crippen LogP) is 2.82. The molecule has 4 heteroatoms. The molecule has 1 fully saturated rings. The van der Waals surface area contributed by atoms with Crippen LogP contribution in [0, 0.1) is 0 Å². The highest BCUT2D eigenvalue weighted by atomic mass is 16.5. The summed E-state index contributed by atoms with van der Waals surface area (Å²) < 4.78 is 5.13. The number of ether oxygens (including phenoxy) is 1. The highest BCUT2D eigenvalue weighted by Gasteiger charge is 2.31. The summed E-state index contributed by atoms with van der Waals surface area (Å²) >= 11 is 0. The Balaban J connectivity index is 2.34. The molecular weight excluding hydrogens is 240 g/mol. The van der Waals surface area contributed by atoms with E-state index in [1.54, 1.807) is 6.07 Å². The first-order valence-corrected chi connectivity index (χ1v) is 7.00. The van der Waals surface area contributed by atoms with E-state index in [-0.39, 0.29) is 5.97 Å². The van der Waals surface area contributed by atoms with E-state index in [0.717, 1.165) is 18.7 Å². The lowest BCUT2D eigenvalue weighted by molar-refractivity contribution is 0.0527. The van der Waals surface area contributed by atoms with Gasteiger partial charge in [0.2, 0.25) is 0 Å². The van der Waals surface area contributed by atoms with E-state index < -0.39 is 0 Å². The molecule has 0 bridgehead atoms. The summed E-state index contributed by atoms with van der Waals surface area (Å²) in [4.78, 5) is 14.4. The van der Waals surface area contributed by atoms with Gasteiger partial charge in [-0.25, -0.2) is 4.79 Å². The van der Waals surface area contributed by atoms with Crippen LogP contribution in [0.3, 0.4) is 0 Å². The van der Waals surface area contributed by atoms with Crippen molar-refractivity contribution in [2.45, 2.75) is 39.2 Å². The molecule has 1 aromatic rings. The van der Waals surface area contributed by atoms with Crippen LogP contribution in [0.5, 0.6) is 0 Å². The number of hydrogen-bond donors (Lipinski definition) is 1. The van der Waals surface area contributed by atoms with Crippen LogP contribution in [-0.4, -0.2) is 25.2 Å². The molecule has 1 saturated carbocycles. The van der Waals surface area contributed by atoms with Gasteiger partial charge in [0.05, 0.1) is 17.9 Å². The van der Waals surface area contributed by atoms with Gasteiger partial charge in [0.15, 0.2) is 0 Å². The normalized spacial score (nSPS) is 14.2. The van der Waals surface area contributed by atoms with Crippen LogP contribution in [0.1, 0.15) is 43.5 Å². The molecule has 4 nitrogen and oxygen atoms in total. The van der Waals surface area contributed by atoms with Crippen LogP contribution in [0.15, 0.2) is 18.2 Å². The fraction of sp³-hybridized carbons (Fsp3) is 0.533. The van der Waals surface area contributed by atoms with Crippen LogP contribution in [0.25, 0.3) is 0 Å². The number of rotatable bonds is 6. The van der Waals surface area contributed by atoms with E-state index in [2.05, 4.69) is 11.8 Å². The van der Waals surface area contributed by atoms with Gasteiger partial charge in [0.1, 0.15) is 0 Å². The van der Waals surface area contributed by atoms with Crippen molar-refractivity contribution in [1.29, 1.82) is 0 Å². The average Bonchev–Trinajstić information content (AvgIpc) is 3.21. The minimum absolute atomic E-state index is 0.286. The lowest BCUT2D eigenvalue weighted by Gasteiger charge is -2.26. The highest BCUT2D eigenvalue weighted by molar-refractivity contribution is 5.97. The molecule has 0 atom stereocenters. The van der Waals surface area contributed by atoms with Gasteiger partial charge in [0, 0.05) is 18.3 Å². The number of carbonyl (C=O) groups excluding carboxylic acids is 1. The van der Waals surface area contributed by atoms with E-state index in [1.165, 1.54) is 12.8 Å². The Kier molecular flexibility index (Phi) is 4.30. The molecule has 0 saturated heterocycles. The fourth-order valence-corrected chi connectivity index (χ4v) is 2.30. The number of esters is 1. The molecule has 0 aliphatic heterocycles. The third kappa shape index (κ3) is 3.19. The second kappa shape index (κ2) is 5.95. The monoisotopic (exact) mass is 262 g/mol. The lowest BCUT2D eigenvalue weighted by Crippen LogP contribution is -2.28. The smallest absolute Gasteiger partial charge is 0.340 e. The Labute approximate surface area is 114 Å². The summed E-state index contributed by atoms with van der Waals surface area (Å²) in [7, 11) is 0. The van der Waals surface area contributed by atoms with Crippen molar-refractivity contribution in [2.75, 3.05) is 23.8 Å². The van der Waals surface area contributed by atoms with Crippen LogP contribution in [0.2, 0.25) is 0 Å². The molecule has 0 amide bonds. The van der Waals surface area contributed by atoms with Gasteiger partial charge < -0.3 is 15.4 Å². The lowest BCUT2D eigenvalue weighted by atomic mass is 10.1. The van der Waals surface area contributed by atoms with Gasteiger partial charge >= 0.3 is 5.97 Å². The highest BCUT2D eigenvalue weighted by Crippen LogP contribution is 2.34. The van der Waals surface area contributed by atoms with Crippen molar-refractivity contribution >= 4 is 17.3 Å². The van der Waals surface area contributed by atoms with Crippen molar-refractivity contribution < 1.29 is 9.53 Å². The summed E-state index contributed by atoms with van der Waals surface area (Å²) in [5.74, 6) is -0.286. The van der Waals surface area contributed by atoms with Gasteiger partial charge in [-0.1, -0.05) is 6.92 Å². The average molecular weight is 262 g/mol. The Hall–Kier alpha value is -1.71. The maximum atomic E-state index is 12.1. The van der Waals surface area contributed by atoms with Crippen LogP contribution in [-0.2, 0) is 4.74 Å². The van der Waals surface area contributed by atoms with Crippen molar-refractivity contribution in [3.8, 4) is 0 Å². The molecule has 0 radical (unpaired) electrons. The standard InChI is InChI=1S/C15H22N2O2/c1-3-9-17(12-6-7-12)14-8-5-11(16)10-13(14)15(18)19-4-2/h5,8,10,12H,3-4,6-7,9,16H2,1-2H3. The van der Waals surface area contributed by atoms with Gasteiger partial charge in [-0.05, 0) is 44.4 Å². The zero-order valence-electron chi connectivity index (χ0n) is 11.7. The number of anilines is 2. The second-order valence-electron chi connectivity index (χ2n) is 4.92. The number of benzene rings is 1. The quantitative estimate of drug-likeness (QED) is 0.632. The SMILES string of the molecule is CCCN(c1ccc(N)cc1C(=O)OCC)C1CC1. The first kappa shape index (κ1) is 13.7. The van der Waals surface area contributed by atoms with Crippen molar-refractivity contribution in [2.24, 2.45) is 0 Å². The molecule has 0 spiro atoms. The number of nitrogens with two attached hydrogens (primary N) is 1. The molecular formula is C15H22N2O2. The molecule has 2 N–H and O–H groups in total. The third-order valence-corrected chi connectivity index (χ3v) is 3.28. The minimum Gasteiger partial charge on any atom is -0.462 e. The topological polar surface area (TPSA) is 55.6 Å². The molecule has 2 rings (SSSR count). The van der Waals surface area contributed by atoms with Crippen molar-refractivity contribution in [3.05, 3.63) is 23.8 Å². The Morgan fingerprint density at radius 1 is 1.42 bits per heavy atom. The molecule has 1 aromatic carbocycles. The molecule has 0 aromatic heterocycles. The number of nitrogens with zero attached hydrogens (tertiary/aromatic N) is 1. The van der Waals surface area contributed by atoms with Crippen molar-refractivity contribution in [1.82, 2.24) is 0 Å². The fourth-order valence-electron chi connectivity index (χ4n) is 2.30. The summed E-state index contributed by atoms with van der Waals surface area (Å²) in [6.07, 6.45) is 3.46. The van der Waals surface area contributed by atoms with Gasteiger partial charge in [-0.15, -0.1) is 0 Å². The number of nitrogen functional groups attached to an aromatic ring is 1. The molecule has 1 aliphatic rings. The van der Waals surface area contributed by atoms with E-state index in [0.29, 0.717) is 23.9 Å². The van der Waals surface area contributed by atoms with E-state index in [9.17, 15) is 4.79 Å². The van der Waals surface area contributed by atoms with Crippen LogP contribution < -0.4 is 10.6 Å². The van der Waals surface area contributed by atoms with E-state index >= 15 is 0 Å². The molecule has 19 heavy (non-hydrogen) atoms. The van der Waals surface area contributed by atoms with Crippen LogP contribution >= 0.6 is 0 Å². The predicted molar refractivity (Wildman–Crippen MR) is 77.5 cm³/mol. The van der Waals surface area contributed by atoms with Gasteiger partial charge in [-0.2, -0.15) is 0 Å². The molecule has 0 unspecified atom stereocenters. The van der Waals surface area contributed by atoms with Gasteiger partial charge in [-0.3, -0.25) is 0 Å². The summed E-state index contributed by atoms with van der Waals surface area (Å²) in [6.45, 7) is 5.30. The molecule has 1 aliphatic carbocycles. The van der Waals surface area contributed by atoms with Crippen LogP contribution in [0.4, 0.5) is 11.4 Å². The Morgan fingerprint density at radius 3 is 2.74 bits per heavy atom. The van der Waals surface area contributed by atoms with Gasteiger partial charge in [0.25, 0.3) is 0 Å². The number of hydrogen-bond acceptors (Lipinski definition) is 4. The first-order valence-electron chi connectivity index (χ1n) is 7.00. The zero-order valence-corrected chi connectivity index (χ0v) is 11.7. The summed E-state index contributed by atoms with van der Waals surface area (Å²) in [6, 6.07) is 6.08. The maximum Gasteiger partial charge on any atom is 0.340 e. The second-order valence-corrected chi connectivity index (χ2v) is 4.92.